The van der Waals surface area contributed by atoms with Gasteiger partial charge in [0.05, 0.1) is 0 Å². The minimum atomic E-state index is -0.225. The summed E-state index contributed by atoms with van der Waals surface area (Å²) in [5.41, 5.74) is 3.44. The molecule has 1 aromatic carbocycles. The molecule has 0 aromatic heterocycles. The molecule has 1 unspecified atom stereocenters. The second-order valence-electron chi connectivity index (χ2n) is 6.56. The van der Waals surface area contributed by atoms with Crippen LogP contribution in [0.2, 0.25) is 0 Å². The zero-order chi connectivity index (χ0) is 17.1. The van der Waals surface area contributed by atoms with Gasteiger partial charge in [-0.1, -0.05) is 12.1 Å². The van der Waals surface area contributed by atoms with Crippen molar-refractivity contribution in [2.24, 2.45) is 0 Å². The molecule has 0 saturated carbocycles. The van der Waals surface area contributed by atoms with Crippen LogP contribution >= 0.6 is 12.2 Å². The van der Waals surface area contributed by atoms with Crippen molar-refractivity contribution in [3.63, 3.8) is 0 Å². The third kappa shape index (κ3) is 3.87. The first-order chi connectivity index (χ1) is 11.5. The number of carbonyl (C=O) groups is 1. The Labute approximate surface area is 149 Å². The summed E-state index contributed by atoms with van der Waals surface area (Å²) in [6.45, 7) is 7.77. The van der Waals surface area contributed by atoms with Crippen LogP contribution in [0.15, 0.2) is 18.2 Å². The number of ether oxygens (including phenoxy) is 1. The number of piperazine rings is 1. The first-order valence-corrected chi connectivity index (χ1v) is 8.99. The molecule has 0 bridgehead atoms. The van der Waals surface area contributed by atoms with E-state index in [1.54, 1.807) is 0 Å². The van der Waals surface area contributed by atoms with Gasteiger partial charge in [-0.3, -0.25) is 4.79 Å². The number of hydrogen-bond donors (Lipinski definition) is 1. The van der Waals surface area contributed by atoms with E-state index in [1.807, 2.05) is 4.90 Å². The number of nitrogens with one attached hydrogen (secondary N) is 1. The fourth-order valence-corrected chi connectivity index (χ4v) is 3.46. The second kappa shape index (κ2) is 7.49. The number of amides is 1. The molecule has 0 aliphatic carbocycles. The van der Waals surface area contributed by atoms with E-state index in [9.17, 15) is 4.79 Å². The van der Waals surface area contributed by atoms with E-state index in [2.05, 4.69) is 42.3 Å². The molecule has 2 aliphatic heterocycles. The Morgan fingerprint density at radius 3 is 2.58 bits per heavy atom. The largest absolute Gasteiger partial charge is 0.368 e. The SMILES string of the molecule is Cc1ccc(C)c(NC(=S)N2CCN(C(=O)C3CCCO3)CC2)c1. The molecule has 1 atom stereocenters. The molecule has 0 spiro atoms. The van der Waals surface area contributed by atoms with Crippen LogP contribution in [0.5, 0.6) is 0 Å². The van der Waals surface area contributed by atoms with Crippen molar-refractivity contribution in [2.75, 3.05) is 38.1 Å². The van der Waals surface area contributed by atoms with Crippen LogP contribution in [0.3, 0.4) is 0 Å². The van der Waals surface area contributed by atoms with Crippen LogP contribution in [0.4, 0.5) is 5.69 Å². The van der Waals surface area contributed by atoms with Crippen LogP contribution in [0.25, 0.3) is 0 Å². The van der Waals surface area contributed by atoms with E-state index in [-0.39, 0.29) is 12.0 Å². The second-order valence-corrected chi connectivity index (χ2v) is 6.95. The fourth-order valence-electron chi connectivity index (χ4n) is 3.17. The van der Waals surface area contributed by atoms with Crippen LogP contribution in [-0.2, 0) is 9.53 Å². The molecule has 2 fully saturated rings. The number of anilines is 1. The van der Waals surface area contributed by atoms with Crippen molar-refractivity contribution in [1.29, 1.82) is 0 Å². The van der Waals surface area contributed by atoms with E-state index in [1.165, 1.54) is 11.1 Å². The van der Waals surface area contributed by atoms with E-state index in [4.69, 9.17) is 17.0 Å². The van der Waals surface area contributed by atoms with Crippen LogP contribution < -0.4 is 5.32 Å². The average Bonchev–Trinajstić information content (AvgIpc) is 3.12. The maximum Gasteiger partial charge on any atom is 0.251 e. The zero-order valence-electron chi connectivity index (χ0n) is 14.4. The molecule has 1 aromatic rings. The molecule has 6 heteroatoms. The van der Waals surface area contributed by atoms with Gasteiger partial charge in [0, 0.05) is 38.5 Å². The lowest BCUT2D eigenvalue weighted by molar-refractivity contribution is -0.142. The minimum absolute atomic E-state index is 0.139. The monoisotopic (exact) mass is 347 g/mol. The number of benzene rings is 1. The molecule has 3 rings (SSSR count). The number of rotatable bonds is 2. The topological polar surface area (TPSA) is 44.8 Å². The van der Waals surface area contributed by atoms with Crippen molar-refractivity contribution < 1.29 is 9.53 Å². The lowest BCUT2D eigenvalue weighted by atomic mass is 10.1. The predicted molar refractivity (Wildman–Crippen MR) is 99.3 cm³/mol. The summed E-state index contributed by atoms with van der Waals surface area (Å²) in [6.07, 6.45) is 1.61. The van der Waals surface area contributed by atoms with Gasteiger partial charge in [0.1, 0.15) is 6.10 Å². The van der Waals surface area contributed by atoms with Crippen molar-refractivity contribution in [3.8, 4) is 0 Å². The van der Waals surface area contributed by atoms with Crippen molar-refractivity contribution in [2.45, 2.75) is 32.8 Å². The number of carbonyl (C=O) groups excluding carboxylic acids is 1. The number of aryl methyl sites for hydroxylation is 2. The number of hydrogen-bond acceptors (Lipinski definition) is 3. The molecule has 2 heterocycles. The summed E-state index contributed by atoms with van der Waals surface area (Å²) >= 11 is 5.56. The van der Waals surface area contributed by atoms with Gasteiger partial charge in [0.2, 0.25) is 0 Å². The Morgan fingerprint density at radius 1 is 1.21 bits per heavy atom. The molecule has 24 heavy (non-hydrogen) atoms. The predicted octanol–water partition coefficient (Wildman–Crippen LogP) is 2.32. The highest BCUT2D eigenvalue weighted by molar-refractivity contribution is 7.80. The van der Waals surface area contributed by atoms with E-state index in [0.29, 0.717) is 19.7 Å². The summed E-state index contributed by atoms with van der Waals surface area (Å²) in [5, 5.41) is 4.08. The molecule has 1 N–H and O–H groups in total. The van der Waals surface area contributed by atoms with Gasteiger partial charge in [0.15, 0.2) is 5.11 Å². The number of nitrogens with zero attached hydrogens (tertiary/aromatic N) is 2. The smallest absolute Gasteiger partial charge is 0.251 e. The quantitative estimate of drug-likeness (QED) is 0.832. The third-order valence-corrected chi connectivity index (χ3v) is 5.08. The molecule has 0 radical (unpaired) electrons. The maximum atomic E-state index is 12.4. The van der Waals surface area contributed by atoms with E-state index >= 15 is 0 Å². The first kappa shape index (κ1) is 17.2. The molecule has 2 saturated heterocycles. The van der Waals surface area contributed by atoms with Crippen molar-refractivity contribution in [3.05, 3.63) is 29.3 Å². The molecule has 2 aliphatic rings. The van der Waals surface area contributed by atoms with Gasteiger partial charge in [-0.15, -0.1) is 0 Å². The van der Waals surface area contributed by atoms with Gasteiger partial charge < -0.3 is 19.9 Å². The van der Waals surface area contributed by atoms with E-state index in [0.717, 1.165) is 36.7 Å². The summed E-state index contributed by atoms with van der Waals surface area (Å²) in [7, 11) is 0. The Kier molecular flexibility index (Phi) is 5.36. The Hall–Kier alpha value is -1.66. The normalized spacial score (nSPS) is 21.0. The van der Waals surface area contributed by atoms with E-state index < -0.39 is 0 Å². The summed E-state index contributed by atoms with van der Waals surface area (Å²) in [4.78, 5) is 16.4. The highest BCUT2D eigenvalue weighted by Crippen LogP contribution is 2.19. The Bertz CT molecular complexity index is 621. The third-order valence-electron chi connectivity index (χ3n) is 4.72. The molecule has 5 nitrogen and oxygen atoms in total. The standard InChI is InChI=1S/C18H25N3O2S/c1-13-5-6-14(2)15(12-13)19-18(24)21-9-7-20(8-10-21)17(22)16-4-3-11-23-16/h5-6,12,16H,3-4,7-11H2,1-2H3,(H,19,24). The number of thiocarbonyl (C=S) groups is 1. The van der Waals surface area contributed by atoms with Gasteiger partial charge in [-0.25, -0.2) is 0 Å². The Morgan fingerprint density at radius 2 is 1.92 bits per heavy atom. The highest BCUT2D eigenvalue weighted by Gasteiger charge is 2.30. The van der Waals surface area contributed by atoms with Gasteiger partial charge in [0.25, 0.3) is 5.91 Å². The van der Waals surface area contributed by atoms with Crippen LogP contribution in [-0.4, -0.2) is 59.7 Å². The first-order valence-electron chi connectivity index (χ1n) is 8.58. The van der Waals surface area contributed by atoms with Gasteiger partial charge in [-0.2, -0.15) is 0 Å². The molecule has 130 valence electrons. The summed E-state index contributed by atoms with van der Waals surface area (Å²) in [5.74, 6) is 0.139. The minimum Gasteiger partial charge on any atom is -0.368 e. The lowest BCUT2D eigenvalue weighted by Crippen LogP contribution is -2.53. The molecular weight excluding hydrogens is 322 g/mol. The Balaban J connectivity index is 1.53. The highest BCUT2D eigenvalue weighted by atomic mass is 32.1. The van der Waals surface area contributed by atoms with Crippen molar-refractivity contribution >= 4 is 28.9 Å². The molecular formula is C18H25N3O2S. The fraction of sp³-hybridized carbons (Fsp3) is 0.556. The van der Waals surface area contributed by atoms with Gasteiger partial charge >= 0.3 is 0 Å². The average molecular weight is 347 g/mol. The maximum absolute atomic E-state index is 12.4. The zero-order valence-corrected chi connectivity index (χ0v) is 15.2. The lowest BCUT2D eigenvalue weighted by Gasteiger charge is -2.37. The van der Waals surface area contributed by atoms with Crippen LogP contribution in [0, 0.1) is 13.8 Å². The van der Waals surface area contributed by atoms with Crippen molar-refractivity contribution in [1.82, 2.24) is 9.80 Å². The molecule has 1 amide bonds. The van der Waals surface area contributed by atoms with Gasteiger partial charge in [-0.05, 0) is 56.1 Å². The van der Waals surface area contributed by atoms with Crippen LogP contribution in [0.1, 0.15) is 24.0 Å². The summed E-state index contributed by atoms with van der Waals surface area (Å²) in [6, 6.07) is 6.30. The summed E-state index contributed by atoms with van der Waals surface area (Å²) < 4.78 is 5.50.